The third-order valence-corrected chi connectivity index (χ3v) is 7.14. The molecule has 26 heavy (non-hydrogen) atoms. The quantitative estimate of drug-likeness (QED) is 0.446. The van der Waals surface area contributed by atoms with Crippen molar-refractivity contribution in [2.24, 2.45) is 10.9 Å². The zero-order valence-corrected chi connectivity index (χ0v) is 17.8. The molecule has 0 aromatic carbocycles. The average Bonchev–Trinajstić information content (AvgIpc) is 3.21. The van der Waals surface area contributed by atoms with E-state index in [-0.39, 0.29) is 4.75 Å². The summed E-state index contributed by atoms with van der Waals surface area (Å²) in [7, 11) is 0. The third kappa shape index (κ3) is 6.93. The summed E-state index contributed by atoms with van der Waals surface area (Å²) in [4.78, 5) is 4.90. The van der Waals surface area contributed by atoms with Crippen molar-refractivity contribution in [2.75, 3.05) is 45.7 Å². The summed E-state index contributed by atoms with van der Waals surface area (Å²) in [6, 6.07) is 0. The van der Waals surface area contributed by atoms with E-state index in [2.05, 4.69) is 30.7 Å². The fourth-order valence-electron chi connectivity index (χ4n) is 4.07. The Hall–Kier alpha value is -0.460. The monoisotopic (exact) mass is 385 g/mol. The van der Waals surface area contributed by atoms with Gasteiger partial charge in [0.15, 0.2) is 5.96 Å². The van der Waals surface area contributed by atoms with Crippen molar-refractivity contribution in [2.45, 2.75) is 69.6 Å². The molecule has 2 fully saturated rings. The molecule has 5 nitrogen and oxygen atoms in total. The Balaban J connectivity index is 1.83. The molecule has 2 rings (SSSR count). The van der Waals surface area contributed by atoms with Crippen LogP contribution in [0.4, 0.5) is 0 Å². The van der Waals surface area contributed by atoms with Gasteiger partial charge in [-0.2, -0.15) is 11.8 Å². The number of rotatable bonds is 10. The SMILES string of the molecule is CCNC(=NCC1(SC)CCOCC1)NCCC(OCC)C1CCCC1. The predicted molar refractivity (Wildman–Crippen MR) is 112 cm³/mol. The topological polar surface area (TPSA) is 54.9 Å². The van der Waals surface area contributed by atoms with Gasteiger partial charge in [0.2, 0.25) is 0 Å². The minimum atomic E-state index is 0.234. The van der Waals surface area contributed by atoms with Gasteiger partial charge in [-0.3, -0.25) is 4.99 Å². The van der Waals surface area contributed by atoms with E-state index in [1.54, 1.807) is 0 Å². The molecule has 1 heterocycles. The second-order valence-electron chi connectivity index (χ2n) is 7.45. The Kier molecular flexibility index (Phi) is 10.2. The molecule has 1 saturated heterocycles. The average molecular weight is 386 g/mol. The summed E-state index contributed by atoms with van der Waals surface area (Å²) in [5, 5.41) is 6.93. The van der Waals surface area contributed by atoms with Crippen molar-refractivity contribution >= 4 is 17.7 Å². The molecule has 1 aliphatic heterocycles. The molecule has 2 N–H and O–H groups in total. The fourth-order valence-corrected chi connectivity index (χ4v) is 4.83. The number of ether oxygens (including phenoxy) is 2. The van der Waals surface area contributed by atoms with E-state index >= 15 is 0 Å². The van der Waals surface area contributed by atoms with E-state index in [9.17, 15) is 0 Å². The lowest BCUT2D eigenvalue weighted by Crippen LogP contribution is -2.42. The van der Waals surface area contributed by atoms with Gasteiger partial charge in [0.1, 0.15) is 0 Å². The van der Waals surface area contributed by atoms with Gasteiger partial charge >= 0.3 is 0 Å². The summed E-state index contributed by atoms with van der Waals surface area (Å²) in [5.74, 6) is 1.69. The zero-order valence-electron chi connectivity index (χ0n) is 17.0. The molecule has 2 aliphatic rings. The van der Waals surface area contributed by atoms with Crippen molar-refractivity contribution in [1.82, 2.24) is 10.6 Å². The van der Waals surface area contributed by atoms with Gasteiger partial charge in [-0.15, -0.1) is 0 Å². The maximum absolute atomic E-state index is 6.04. The summed E-state index contributed by atoms with van der Waals surface area (Å²) < 4.78 is 11.8. The van der Waals surface area contributed by atoms with Gasteiger partial charge in [0, 0.05) is 37.7 Å². The van der Waals surface area contributed by atoms with Gasteiger partial charge < -0.3 is 20.1 Å². The highest BCUT2D eigenvalue weighted by Crippen LogP contribution is 2.34. The molecule has 1 saturated carbocycles. The molecule has 1 atom stereocenters. The van der Waals surface area contributed by atoms with Gasteiger partial charge in [-0.25, -0.2) is 0 Å². The number of guanidine groups is 1. The molecule has 0 amide bonds. The van der Waals surface area contributed by atoms with Gasteiger partial charge in [-0.1, -0.05) is 12.8 Å². The number of hydrogen-bond donors (Lipinski definition) is 2. The Labute approximate surface area is 164 Å². The van der Waals surface area contributed by atoms with Crippen LogP contribution in [0.2, 0.25) is 0 Å². The van der Waals surface area contributed by atoms with Gasteiger partial charge in [0.25, 0.3) is 0 Å². The molecule has 152 valence electrons. The first-order chi connectivity index (χ1) is 12.7. The van der Waals surface area contributed by atoms with Crippen LogP contribution >= 0.6 is 11.8 Å². The second kappa shape index (κ2) is 12.1. The molecular weight excluding hydrogens is 346 g/mol. The Morgan fingerprint density at radius 1 is 1.23 bits per heavy atom. The number of nitrogens with one attached hydrogen (secondary N) is 2. The highest BCUT2D eigenvalue weighted by Gasteiger charge is 2.31. The van der Waals surface area contributed by atoms with Crippen LogP contribution in [0.15, 0.2) is 4.99 Å². The summed E-state index contributed by atoms with van der Waals surface area (Å²) in [6.07, 6.45) is 11.2. The van der Waals surface area contributed by atoms with Crippen LogP contribution < -0.4 is 10.6 Å². The predicted octanol–water partition coefficient (Wildman–Crippen LogP) is 3.44. The van der Waals surface area contributed by atoms with Crippen LogP contribution in [0, 0.1) is 5.92 Å². The number of nitrogens with zero attached hydrogens (tertiary/aromatic N) is 1. The first-order valence-electron chi connectivity index (χ1n) is 10.5. The molecule has 0 aromatic heterocycles. The van der Waals surface area contributed by atoms with E-state index in [4.69, 9.17) is 14.5 Å². The normalized spacial score (nSPS) is 22.3. The van der Waals surface area contributed by atoms with Crippen LogP contribution in [0.3, 0.4) is 0 Å². The second-order valence-corrected chi connectivity index (χ2v) is 8.72. The number of hydrogen-bond acceptors (Lipinski definition) is 4. The Bertz CT molecular complexity index is 408. The van der Waals surface area contributed by atoms with E-state index in [0.717, 1.165) is 70.6 Å². The lowest BCUT2D eigenvalue weighted by atomic mass is 9.98. The summed E-state index contributed by atoms with van der Waals surface area (Å²) in [6.45, 7) is 9.42. The van der Waals surface area contributed by atoms with Crippen LogP contribution in [0.1, 0.15) is 58.8 Å². The first kappa shape index (κ1) is 21.8. The standard InChI is InChI=1S/C20H39N3O2S/c1-4-21-19(23-16-20(26-3)11-14-24-15-12-20)22-13-10-18(25-5-2)17-8-6-7-9-17/h17-18H,4-16H2,1-3H3,(H2,21,22,23). The molecule has 6 heteroatoms. The van der Waals surface area contributed by atoms with Crippen molar-refractivity contribution in [1.29, 1.82) is 0 Å². The molecule has 0 bridgehead atoms. The van der Waals surface area contributed by atoms with E-state index in [1.165, 1.54) is 25.7 Å². The first-order valence-corrected chi connectivity index (χ1v) is 11.7. The highest BCUT2D eigenvalue weighted by atomic mass is 32.2. The molecule has 1 unspecified atom stereocenters. The lowest BCUT2D eigenvalue weighted by molar-refractivity contribution is 0.0169. The molecule has 1 aliphatic carbocycles. The molecule has 0 radical (unpaired) electrons. The minimum Gasteiger partial charge on any atom is -0.381 e. The Morgan fingerprint density at radius 3 is 2.58 bits per heavy atom. The molecular formula is C20H39N3O2S. The summed E-state index contributed by atoms with van der Waals surface area (Å²) in [5.41, 5.74) is 0. The maximum Gasteiger partial charge on any atom is 0.191 e. The van der Waals surface area contributed by atoms with Crippen molar-refractivity contribution < 1.29 is 9.47 Å². The van der Waals surface area contributed by atoms with Crippen LogP contribution in [-0.4, -0.2) is 62.5 Å². The van der Waals surface area contributed by atoms with Crippen molar-refractivity contribution in [3.05, 3.63) is 0 Å². The lowest BCUT2D eigenvalue weighted by Gasteiger charge is -2.34. The van der Waals surface area contributed by atoms with E-state index < -0.39 is 0 Å². The minimum absolute atomic E-state index is 0.234. The Morgan fingerprint density at radius 2 is 1.96 bits per heavy atom. The number of thioether (sulfide) groups is 1. The molecule has 0 spiro atoms. The molecule has 0 aromatic rings. The van der Waals surface area contributed by atoms with Crippen molar-refractivity contribution in [3.8, 4) is 0 Å². The third-order valence-electron chi connectivity index (χ3n) is 5.73. The fraction of sp³-hybridized carbons (Fsp3) is 0.950. The van der Waals surface area contributed by atoms with Crippen LogP contribution in [0.25, 0.3) is 0 Å². The van der Waals surface area contributed by atoms with Gasteiger partial charge in [0.05, 0.1) is 12.6 Å². The van der Waals surface area contributed by atoms with Crippen LogP contribution in [0.5, 0.6) is 0 Å². The van der Waals surface area contributed by atoms with E-state index in [1.807, 2.05) is 11.8 Å². The van der Waals surface area contributed by atoms with E-state index in [0.29, 0.717) is 6.10 Å². The highest BCUT2D eigenvalue weighted by molar-refractivity contribution is 8.00. The maximum atomic E-state index is 6.04. The zero-order chi connectivity index (χ0) is 18.7. The summed E-state index contributed by atoms with van der Waals surface area (Å²) >= 11 is 1.94. The number of aliphatic imine (C=N–C) groups is 1. The largest absolute Gasteiger partial charge is 0.381 e. The van der Waals surface area contributed by atoms with Crippen LogP contribution in [-0.2, 0) is 9.47 Å². The van der Waals surface area contributed by atoms with Gasteiger partial charge in [-0.05, 0) is 58.1 Å². The van der Waals surface area contributed by atoms with Crippen molar-refractivity contribution in [3.63, 3.8) is 0 Å². The smallest absolute Gasteiger partial charge is 0.191 e.